The summed E-state index contributed by atoms with van der Waals surface area (Å²) in [6.45, 7) is 3.24. The van der Waals surface area contributed by atoms with Gasteiger partial charge in [0.25, 0.3) is 0 Å². The van der Waals surface area contributed by atoms with E-state index in [1.807, 2.05) is 6.07 Å². The molecule has 1 aromatic carbocycles. The van der Waals surface area contributed by atoms with Gasteiger partial charge >= 0.3 is 0 Å². The van der Waals surface area contributed by atoms with Crippen LogP contribution in [0.2, 0.25) is 0 Å². The van der Waals surface area contributed by atoms with Gasteiger partial charge in [0.15, 0.2) is 0 Å². The maximum absolute atomic E-state index is 8.96. The van der Waals surface area contributed by atoms with E-state index in [1.165, 1.54) is 37.8 Å². The predicted molar refractivity (Wildman–Crippen MR) is 78.8 cm³/mol. The minimum atomic E-state index is 0.670. The Bertz CT molecular complexity index is 444. The van der Waals surface area contributed by atoms with E-state index in [2.05, 4.69) is 46.0 Å². The van der Waals surface area contributed by atoms with Crippen molar-refractivity contribution in [2.75, 3.05) is 11.4 Å². The lowest BCUT2D eigenvalue weighted by Gasteiger charge is -2.35. The number of halogens is 1. The third-order valence-electron chi connectivity index (χ3n) is 3.76. The van der Waals surface area contributed by atoms with Crippen LogP contribution in [-0.2, 0) is 0 Å². The highest BCUT2D eigenvalue weighted by molar-refractivity contribution is 9.10. The molecule has 0 saturated heterocycles. The largest absolute Gasteiger partial charge is 0.369 e. The van der Waals surface area contributed by atoms with Gasteiger partial charge in [-0.1, -0.05) is 19.3 Å². The van der Waals surface area contributed by atoms with Gasteiger partial charge in [0.2, 0.25) is 0 Å². The van der Waals surface area contributed by atoms with Crippen LogP contribution in [0.3, 0.4) is 0 Å². The first-order valence-corrected chi connectivity index (χ1v) is 7.52. The minimum Gasteiger partial charge on any atom is -0.369 e. The molecule has 0 atom stereocenters. The minimum absolute atomic E-state index is 0.670. The molecule has 1 aliphatic carbocycles. The van der Waals surface area contributed by atoms with E-state index in [0.717, 1.165) is 11.0 Å². The van der Waals surface area contributed by atoms with Crippen molar-refractivity contribution in [3.63, 3.8) is 0 Å². The van der Waals surface area contributed by atoms with Gasteiger partial charge in [-0.05, 0) is 53.9 Å². The fraction of sp³-hybridized carbons (Fsp3) is 0.533. The number of hydrogen-bond acceptors (Lipinski definition) is 2. The van der Waals surface area contributed by atoms with Gasteiger partial charge in [-0.25, -0.2) is 0 Å². The zero-order valence-electron chi connectivity index (χ0n) is 10.8. The van der Waals surface area contributed by atoms with Gasteiger partial charge in [-0.15, -0.1) is 0 Å². The molecule has 0 bridgehead atoms. The van der Waals surface area contributed by atoms with E-state index in [1.54, 1.807) is 0 Å². The molecule has 1 aliphatic rings. The second kappa shape index (κ2) is 6.24. The van der Waals surface area contributed by atoms with Crippen LogP contribution in [0.1, 0.15) is 44.6 Å². The van der Waals surface area contributed by atoms with Crippen molar-refractivity contribution in [2.24, 2.45) is 0 Å². The van der Waals surface area contributed by atoms with Crippen molar-refractivity contribution < 1.29 is 0 Å². The zero-order valence-corrected chi connectivity index (χ0v) is 12.4. The number of nitrogens with zero attached hydrogens (tertiary/aromatic N) is 2. The summed E-state index contributed by atoms with van der Waals surface area (Å²) in [7, 11) is 0. The number of benzene rings is 1. The molecule has 0 aliphatic heterocycles. The highest BCUT2D eigenvalue weighted by atomic mass is 79.9. The number of anilines is 1. The molecule has 1 fully saturated rings. The molecule has 96 valence electrons. The molecule has 0 aromatic heterocycles. The summed E-state index contributed by atoms with van der Waals surface area (Å²) in [5.74, 6) is 0. The molecule has 0 unspecified atom stereocenters. The first kappa shape index (κ1) is 13.4. The zero-order chi connectivity index (χ0) is 13.0. The second-order valence-corrected chi connectivity index (χ2v) is 5.71. The summed E-state index contributed by atoms with van der Waals surface area (Å²) in [6.07, 6.45) is 6.67. The standard InChI is InChI=1S/C15H19BrN2/c1-2-18(13-6-4-3-5-7-13)14-9-8-12(11-17)15(16)10-14/h8-10,13H,2-7H2,1H3. The molecule has 18 heavy (non-hydrogen) atoms. The Balaban J connectivity index is 2.21. The Hall–Kier alpha value is -1.01. The first-order chi connectivity index (χ1) is 8.76. The summed E-state index contributed by atoms with van der Waals surface area (Å²) in [5.41, 5.74) is 1.94. The summed E-state index contributed by atoms with van der Waals surface area (Å²) in [4.78, 5) is 2.48. The van der Waals surface area contributed by atoms with Crippen LogP contribution in [0.4, 0.5) is 5.69 Å². The Labute approximate surface area is 118 Å². The van der Waals surface area contributed by atoms with Crippen molar-refractivity contribution in [2.45, 2.75) is 45.1 Å². The van der Waals surface area contributed by atoms with E-state index in [4.69, 9.17) is 5.26 Å². The van der Waals surface area contributed by atoms with E-state index in [-0.39, 0.29) is 0 Å². The molecule has 1 saturated carbocycles. The number of hydrogen-bond donors (Lipinski definition) is 0. The average molecular weight is 307 g/mol. The lowest BCUT2D eigenvalue weighted by atomic mass is 9.93. The van der Waals surface area contributed by atoms with Crippen LogP contribution < -0.4 is 4.90 Å². The predicted octanol–water partition coefficient (Wildman–Crippen LogP) is 4.48. The lowest BCUT2D eigenvalue weighted by Crippen LogP contribution is -2.36. The van der Waals surface area contributed by atoms with Gasteiger partial charge in [-0.2, -0.15) is 5.26 Å². The third-order valence-corrected chi connectivity index (χ3v) is 4.42. The van der Waals surface area contributed by atoms with Crippen molar-refractivity contribution in [3.05, 3.63) is 28.2 Å². The summed E-state index contributed by atoms with van der Waals surface area (Å²) in [6, 6.07) is 8.92. The molecule has 1 aromatic rings. The molecule has 2 nitrogen and oxygen atoms in total. The molecule has 0 N–H and O–H groups in total. The highest BCUT2D eigenvalue weighted by Gasteiger charge is 2.20. The molecule has 0 spiro atoms. The van der Waals surface area contributed by atoms with Crippen LogP contribution >= 0.6 is 15.9 Å². The van der Waals surface area contributed by atoms with Crippen molar-refractivity contribution >= 4 is 21.6 Å². The molecule has 0 amide bonds. The molecular formula is C15H19BrN2. The van der Waals surface area contributed by atoms with E-state index < -0.39 is 0 Å². The topological polar surface area (TPSA) is 27.0 Å². The smallest absolute Gasteiger partial charge is 0.100 e. The highest BCUT2D eigenvalue weighted by Crippen LogP contribution is 2.30. The van der Waals surface area contributed by atoms with Crippen molar-refractivity contribution in [1.82, 2.24) is 0 Å². The quantitative estimate of drug-likeness (QED) is 0.823. The van der Waals surface area contributed by atoms with Crippen LogP contribution in [0.25, 0.3) is 0 Å². The third kappa shape index (κ3) is 2.87. The SMILES string of the molecule is CCN(c1ccc(C#N)c(Br)c1)C1CCCCC1. The van der Waals surface area contributed by atoms with E-state index in [0.29, 0.717) is 11.6 Å². The monoisotopic (exact) mass is 306 g/mol. The van der Waals surface area contributed by atoms with Gasteiger partial charge in [0.1, 0.15) is 6.07 Å². The average Bonchev–Trinajstić information content (AvgIpc) is 2.41. The number of rotatable bonds is 3. The Morgan fingerprint density at radius 2 is 2.06 bits per heavy atom. The van der Waals surface area contributed by atoms with Crippen LogP contribution in [0, 0.1) is 11.3 Å². The summed E-state index contributed by atoms with van der Waals surface area (Å²) < 4.78 is 0.900. The molecule has 0 heterocycles. The number of nitriles is 1. The second-order valence-electron chi connectivity index (χ2n) is 4.85. The Morgan fingerprint density at radius 1 is 1.33 bits per heavy atom. The fourth-order valence-corrected chi connectivity index (χ4v) is 3.27. The van der Waals surface area contributed by atoms with E-state index in [9.17, 15) is 0 Å². The maximum Gasteiger partial charge on any atom is 0.100 e. The van der Waals surface area contributed by atoms with Gasteiger partial charge in [0.05, 0.1) is 5.56 Å². The van der Waals surface area contributed by atoms with Crippen LogP contribution in [-0.4, -0.2) is 12.6 Å². The first-order valence-electron chi connectivity index (χ1n) is 6.72. The fourth-order valence-electron chi connectivity index (χ4n) is 2.82. The Morgan fingerprint density at radius 3 is 2.61 bits per heavy atom. The molecular weight excluding hydrogens is 288 g/mol. The summed E-state index contributed by atoms with van der Waals surface area (Å²) >= 11 is 3.48. The van der Waals surface area contributed by atoms with Gasteiger partial charge < -0.3 is 4.90 Å². The van der Waals surface area contributed by atoms with Crippen molar-refractivity contribution in [3.8, 4) is 6.07 Å². The molecule has 2 rings (SSSR count). The van der Waals surface area contributed by atoms with Gasteiger partial charge in [0, 0.05) is 22.7 Å². The van der Waals surface area contributed by atoms with Crippen LogP contribution in [0.5, 0.6) is 0 Å². The maximum atomic E-state index is 8.96. The summed E-state index contributed by atoms with van der Waals surface area (Å²) in [5, 5.41) is 8.96. The molecule has 0 radical (unpaired) electrons. The van der Waals surface area contributed by atoms with Gasteiger partial charge in [-0.3, -0.25) is 0 Å². The molecule has 3 heteroatoms. The van der Waals surface area contributed by atoms with E-state index >= 15 is 0 Å². The van der Waals surface area contributed by atoms with Crippen molar-refractivity contribution in [1.29, 1.82) is 5.26 Å². The normalized spacial score (nSPS) is 16.3. The van der Waals surface area contributed by atoms with Crippen LogP contribution in [0.15, 0.2) is 22.7 Å². The lowest BCUT2D eigenvalue weighted by molar-refractivity contribution is 0.418. The Kier molecular flexibility index (Phi) is 4.66.